The molecule has 1 aromatic carbocycles. The second-order valence-electron chi connectivity index (χ2n) is 6.64. The predicted molar refractivity (Wildman–Crippen MR) is 107 cm³/mol. The lowest BCUT2D eigenvalue weighted by atomic mass is 10.1. The highest BCUT2D eigenvalue weighted by molar-refractivity contribution is 5.73. The molecular weight excluding hydrogens is 356 g/mol. The number of hydrogen-bond acceptors (Lipinski definition) is 4. The zero-order valence-corrected chi connectivity index (χ0v) is 16.4. The van der Waals surface area contributed by atoms with Crippen LogP contribution < -0.4 is 15.4 Å². The minimum atomic E-state index is -0.216. The van der Waals surface area contributed by atoms with Gasteiger partial charge in [-0.1, -0.05) is 12.1 Å². The number of benzene rings is 1. The van der Waals surface area contributed by atoms with Crippen molar-refractivity contribution in [3.05, 3.63) is 71.4 Å². The van der Waals surface area contributed by atoms with Crippen LogP contribution in [-0.2, 0) is 6.42 Å². The van der Waals surface area contributed by atoms with Gasteiger partial charge in [0.1, 0.15) is 17.6 Å². The number of nitrogens with zero attached hydrogens (tertiary/aromatic N) is 2. The van der Waals surface area contributed by atoms with E-state index >= 15 is 0 Å². The lowest BCUT2D eigenvalue weighted by molar-refractivity contribution is 0.238. The molecule has 0 spiro atoms. The van der Waals surface area contributed by atoms with Crippen molar-refractivity contribution in [2.45, 2.75) is 26.3 Å². The molecule has 148 valence electrons. The van der Waals surface area contributed by atoms with Crippen LogP contribution in [-0.4, -0.2) is 36.0 Å². The minimum Gasteiger partial charge on any atom is -0.497 e. The summed E-state index contributed by atoms with van der Waals surface area (Å²) in [5.74, 6) is 1.58. The number of amides is 2. The molecule has 28 heavy (non-hydrogen) atoms. The molecule has 0 aliphatic heterocycles. The van der Waals surface area contributed by atoms with E-state index in [1.165, 1.54) is 0 Å². The van der Waals surface area contributed by atoms with Crippen LogP contribution in [0.4, 0.5) is 4.79 Å². The molecule has 2 heterocycles. The van der Waals surface area contributed by atoms with Crippen molar-refractivity contribution in [3.8, 4) is 5.75 Å². The van der Waals surface area contributed by atoms with Crippen LogP contribution in [0.5, 0.6) is 5.75 Å². The van der Waals surface area contributed by atoms with Crippen LogP contribution in [0, 0.1) is 13.8 Å². The molecule has 0 aliphatic carbocycles. The van der Waals surface area contributed by atoms with E-state index in [0.29, 0.717) is 13.1 Å². The summed E-state index contributed by atoms with van der Waals surface area (Å²) in [5.41, 5.74) is 3.08. The fourth-order valence-corrected chi connectivity index (χ4v) is 3.11. The standard InChI is InChI=1S/C21H26N4O3/c1-15-13-16(2)25(24-15)19(20-5-4-12-28-20)14-23-21(26)22-11-10-17-6-8-18(27-3)9-7-17/h4-9,12-13,19H,10-11,14H2,1-3H3,(H2,22,23,26). The van der Waals surface area contributed by atoms with Crippen molar-refractivity contribution in [3.63, 3.8) is 0 Å². The summed E-state index contributed by atoms with van der Waals surface area (Å²) in [4.78, 5) is 12.2. The summed E-state index contributed by atoms with van der Waals surface area (Å²) >= 11 is 0. The van der Waals surface area contributed by atoms with E-state index in [1.54, 1.807) is 13.4 Å². The summed E-state index contributed by atoms with van der Waals surface area (Å²) in [6, 6.07) is 13.1. The number of aryl methyl sites for hydroxylation is 2. The van der Waals surface area contributed by atoms with Gasteiger partial charge in [-0.25, -0.2) is 4.79 Å². The number of methoxy groups -OCH3 is 1. The van der Waals surface area contributed by atoms with Crippen LogP contribution in [0.25, 0.3) is 0 Å². The summed E-state index contributed by atoms with van der Waals surface area (Å²) in [6.07, 6.45) is 2.37. The summed E-state index contributed by atoms with van der Waals surface area (Å²) in [6.45, 7) is 4.86. The van der Waals surface area contributed by atoms with Crippen LogP contribution >= 0.6 is 0 Å². The molecule has 7 nitrogen and oxygen atoms in total. The Balaban J connectivity index is 1.53. The first kappa shape index (κ1) is 19.5. The number of nitrogens with one attached hydrogen (secondary N) is 2. The molecule has 0 radical (unpaired) electrons. The Morgan fingerprint density at radius 2 is 2.00 bits per heavy atom. The van der Waals surface area contributed by atoms with Crippen molar-refractivity contribution in [2.24, 2.45) is 0 Å². The monoisotopic (exact) mass is 382 g/mol. The first-order valence-electron chi connectivity index (χ1n) is 9.27. The molecule has 0 fully saturated rings. The Bertz CT molecular complexity index is 885. The van der Waals surface area contributed by atoms with Crippen LogP contribution in [0.15, 0.2) is 53.1 Å². The van der Waals surface area contributed by atoms with Gasteiger partial charge in [0.25, 0.3) is 0 Å². The van der Waals surface area contributed by atoms with Crippen LogP contribution in [0.2, 0.25) is 0 Å². The van der Waals surface area contributed by atoms with Gasteiger partial charge < -0.3 is 19.8 Å². The molecule has 3 aromatic rings. The molecule has 1 unspecified atom stereocenters. The Morgan fingerprint density at radius 1 is 1.21 bits per heavy atom. The van der Waals surface area contributed by atoms with E-state index in [4.69, 9.17) is 9.15 Å². The molecule has 0 saturated heterocycles. The number of aromatic nitrogens is 2. The van der Waals surface area contributed by atoms with Crippen molar-refractivity contribution < 1.29 is 13.9 Å². The molecule has 2 N–H and O–H groups in total. The lowest BCUT2D eigenvalue weighted by Gasteiger charge is -2.18. The third-order valence-corrected chi connectivity index (χ3v) is 4.53. The van der Waals surface area contributed by atoms with Gasteiger partial charge in [0.15, 0.2) is 0 Å². The maximum absolute atomic E-state index is 12.2. The van der Waals surface area contributed by atoms with Crippen LogP contribution in [0.3, 0.4) is 0 Å². The molecular formula is C21H26N4O3. The van der Waals surface area contributed by atoms with Gasteiger partial charge in [-0.15, -0.1) is 0 Å². The van der Waals surface area contributed by atoms with Gasteiger partial charge in [0.2, 0.25) is 0 Å². The van der Waals surface area contributed by atoms with Gasteiger partial charge >= 0.3 is 6.03 Å². The second-order valence-corrected chi connectivity index (χ2v) is 6.64. The maximum Gasteiger partial charge on any atom is 0.314 e. The first-order chi connectivity index (χ1) is 13.6. The van der Waals surface area contributed by atoms with Gasteiger partial charge in [-0.05, 0) is 56.2 Å². The van der Waals surface area contributed by atoms with Gasteiger partial charge in [-0.3, -0.25) is 4.68 Å². The molecule has 0 saturated carbocycles. The fraction of sp³-hybridized carbons (Fsp3) is 0.333. The third kappa shape index (κ3) is 4.94. The molecule has 7 heteroatoms. The highest BCUT2D eigenvalue weighted by Crippen LogP contribution is 2.20. The minimum absolute atomic E-state index is 0.198. The highest BCUT2D eigenvalue weighted by Gasteiger charge is 2.20. The van der Waals surface area contributed by atoms with E-state index in [-0.39, 0.29) is 12.1 Å². The normalized spacial score (nSPS) is 11.8. The summed E-state index contributed by atoms with van der Waals surface area (Å²) in [7, 11) is 1.64. The SMILES string of the molecule is COc1ccc(CCNC(=O)NCC(c2ccco2)n2nc(C)cc2C)cc1. The van der Waals surface area contributed by atoms with E-state index in [1.807, 2.05) is 61.0 Å². The van der Waals surface area contributed by atoms with E-state index in [2.05, 4.69) is 15.7 Å². The molecule has 1 atom stereocenters. The van der Waals surface area contributed by atoms with Gasteiger partial charge in [-0.2, -0.15) is 5.10 Å². The fourth-order valence-electron chi connectivity index (χ4n) is 3.11. The number of hydrogen-bond donors (Lipinski definition) is 2. The van der Waals surface area contributed by atoms with E-state index in [9.17, 15) is 4.79 Å². The predicted octanol–water partition coefficient (Wildman–Crippen LogP) is 3.23. The van der Waals surface area contributed by atoms with Crippen LogP contribution in [0.1, 0.15) is 28.8 Å². The Hall–Kier alpha value is -3.22. The number of carbonyl (C=O) groups excluding carboxylic acids is 1. The molecule has 2 aromatic heterocycles. The molecule has 0 bridgehead atoms. The lowest BCUT2D eigenvalue weighted by Crippen LogP contribution is -2.40. The molecule has 3 rings (SSSR count). The summed E-state index contributed by atoms with van der Waals surface area (Å²) in [5, 5.41) is 10.3. The Morgan fingerprint density at radius 3 is 2.61 bits per heavy atom. The zero-order chi connectivity index (χ0) is 19.9. The Kier molecular flexibility index (Phi) is 6.37. The van der Waals surface area contributed by atoms with Crippen molar-refractivity contribution >= 4 is 6.03 Å². The molecule has 0 aliphatic rings. The van der Waals surface area contributed by atoms with Crippen molar-refractivity contribution in [2.75, 3.05) is 20.2 Å². The Labute approximate surface area is 164 Å². The number of carbonyl (C=O) groups is 1. The number of furan rings is 1. The first-order valence-corrected chi connectivity index (χ1v) is 9.27. The van der Waals surface area contributed by atoms with Crippen molar-refractivity contribution in [1.29, 1.82) is 0 Å². The number of urea groups is 1. The largest absolute Gasteiger partial charge is 0.497 e. The topological polar surface area (TPSA) is 81.3 Å². The zero-order valence-electron chi connectivity index (χ0n) is 16.4. The third-order valence-electron chi connectivity index (χ3n) is 4.53. The number of ether oxygens (including phenoxy) is 1. The maximum atomic E-state index is 12.2. The smallest absolute Gasteiger partial charge is 0.314 e. The quantitative estimate of drug-likeness (QED) is 0.627. The highest BCUT2D eigenvalue weighted by atomic mass is 16.5. The van der Waals surface area contributed by atoms with Gasteiger partial charge in [0.05, 0.1) is 19.1 Å². The molecule has 2 amide bonds. The average molecular weight is 382 g/mol. The number of rotatable bonds is 8. The van der Waals surface area contributed by atoms with E-state index < -0.39 is 0 Å². The van der Waals surface area contributed by atoms with Crippen molar-refractivity contribution in [1.82, 2.24) is 20.4 Å². The van der Waals surface area contributed by atoms with E-state index in [0.717, 1.165) is 34.9 Å². The van der Waals surface area contributed by atoms with Gasteiger partial charge in [0, 0.05) is 18.8 Å². The average Bonchev–Trinajstić information content (AvgIpc) is 3.33. The summed E-state index contributed by atoms with van der Waals surface area (Å²) < 4.78 is 12.6. The second kappa shape index (κ2) is 9.12.